The molecule has 0 radical (unpaired) electrons. The molecule has 90 valence electrons. The first kappa shape index (κ1) is 12.8. The third-order valence-corrected chi connectivity index (χ3v) is 2.82. The molecule has 1 rings (SSSR count). The number of aryl methyl sites for hydroxylation is 1. The van der Waals surface area contributed by atoms with E-state index in [0.717, 1.165) is 30.8 Å². The van der Waals surface area contributed by atoms with Crippen LogP contribution in [0.5, 0.6) is 0 Å². The lowest BCUT2D eigenvalue weighted by Gasteiger charge is -2.24. The standard InChI is InChI=1S/C13H22N2O/c1-4-15(8-7-11(3)16)12-5-6-13(14)10(2)9-12/h5-6,9,11,16H,4,7-8,14H2,1-3H3. The van der Waals surface area contributed by atoms with Crippen LogP contribution >= 0.6 is 0 Å². The molecule has 1 atom stereocenters. The van der Waals surface area contributed by atoms with E-state index in [4.69, 9.17) is 5.73 Å². The van der Waals surface area contributed by atoms with E-state index >= 15 is 0 Å². The highest BCUT2D eigenvalue weighted by molar-refractivity contribution is 5.57. The van der Waals surface area contributed by atoms with Gasteiger partial charge in [-0.05, 0) is 51.0 Å². The molecule has 0 aliphatic carbocycles. The van der Waals surface area contributed by atoms with Crippen LogP contribution in [0.25, 0.3) is 0 Å². The molecule has 3 nitrogen and oxygen atoms in total. The van der Waals surface area contributed by atoms with Gasteiger partial charge in [-0.25, -0.2) is 0 Å². The third kappa shape index (κ3) is 3.42. The largest absolute Gasteiger partial charge is 0.399 e. The minimum atomic E-state index is -0.246. The molecule has 0 heterocycles. The van der Waals surface area contributed by atoms with E-state index in [1.807, 2.05) is 26.0 Å². The fourth-order valence-corrected chi connectivity index (χ4v) is 1.67. The Balaban J connectivity index is 2.74. The second-order valence-corrected chi connectivity index (χ2v) is 4.26. The minimum absolute atomic E-state index is 0.246. The average Bonchev–Trinajstić information content (AvgIpc) is 2.23. The van der Waals surface area contributed by atoms with E-state index in [2.05, 4.69) is 17.9 Å². The van der Waals surface area contributed by atoms with Gasteiger partial charge in [0.1, 0.15) is 0 Å². The summed E-state index contributed by atoms with van der Waals surface area (Å²) in [5.41, 5.74) is 8.90. The van der Waals surface area contributed by atoms with Crippen LogP contribution in [-0.2, 0) is 0 Å². The first-order valence-electron chi connectivity index (χ1n) is 5.83. The Morgan fingerprint density at radius 2 is 2.12 bits per heavy atom. The Hall–Kier alpha value is -1.22. The SMILES string of the molecule is CCN(CCC(C)O)c1ccc(N)c(C)c1. The third-order valence-electron chi connectivity index (χ3n) is 2.82. The van der Waals surface area contributed by atoms with Crippen LogP contribution in [0.3, 0.4) is 0 Å². The van der Waals surface area contributed by atoms with Gasteiger partial charge in [-0.15, -0.1) is 0 Å². The second kappa shape index (κ2) is 5.75. The van der Waals surface area contributed by atoms with Gasteiger partial charge in [-0.2, -0.15) is 0 Å². The maximum Gasteiger partial charge on any atom is 0.0528 e. The molecular weight excluding hydrogens is 200 g/mol. The molecule has 0 bridgehead atoms. The maximum atomic E-state index is 9.30. The summed E-state index contributed by atoms with van der Waals surface area (Å²) in [6.45, 7) is 7.77. The van der Waals surface area contributed by atoms with Crippen LogP contribution in [0.4, 0.5) is 11.4 Å². The van der Waals surface area contributed by atoms with Crippen molar-refractivity contribution >= 4 is 11.4 Å². The van der Waals surface area contributed by atoms with E-state index in [1.54, 1.807) is 0 Å². The summed E-state index contributed by atoms with van der Waals surface area (Å²) in [6.07, 6.45) is 0.543. The number of hydrogen-bond acceptors (Lipinski definition) is 3. The van der Waals surface area contributed by atoms with Gasteiger partial charge in [0.2, 0.25) is 0 Å². The molecule has 1 aromatic carbocycles. The van der Waals surface area contributed by atoms with E-state index < -0.39 is 0 Å². The highest BCUT2D eigenvalue weighted by atomic mass is 16.3. The predicted molar refractivity (Wildman–Crippen MR) is 69.8 cm³/mol. The minimum Gasteiger partial charge on any atom is -0.399 e. The Morgan fingerprint density at radius 3 is 2.62 bits per heavy atom. The molecule has 0 amide bonds. The van der Waals surface area contributed by atoms with E-state index in [9.17, 15) is 5.11 Å². The molecule has 0 saturated carbocycles. The number of aliphatic hydroxyl groups is 1. The number of nitrogens with two attached hydrogens (primary N) is 1. The number of aliphatic hydroxyl groups excluding tert-OH is 1. The van der Waals surface area contributed by atoms with Crippen molar-refractivity contribution in [2.24, 2.45) is 0 Å². The molecule has 0 aliphatic heterocycles. The quantitative estimate of drug-likeness (QED) is 0.751. The zero-order valence-corrected chi connectivity index (χ0v) is 10.4. The zero-order valence-electron chi connectivity index (χ0n) is 10.4. The molecule has 3 N–H and O–H groups in total. The summed E-state index contributed by atoms with van der Waals surface area (Å²) in [4.78, 5) is 2.25. The van der Waals surface area contributed by atoms with Crippen LogP contribution in [0.1, 0.15) is 25.8 Å². The van der Waals surface area contributed by atoms with Gasteiger partial charge in [0.25, 0.3) is 0 Å². The number of hydrogen-bond donors (Lipinski definition) is 2. The fraction of sp³-hybridized carbons (Fsp3) is 0.538. The Labute approximate surface area is 97.9 Å². The molecule has 16 heavy (non-hydrogen) atoms. The summed E-state index contributed by atoms with van der Waals surface area (Å²) >= 11 is 0. The smallest absolute Gasteiger partial charge is 0.0528 e. The van der Waals surface area contributed by atoms with Gasteiger partial charge in [-0.1, -0.05) is 0 Å². The van der Waals surface area contributed by atoms with Crippen LogP contribution < -0.4 is 10.6 Å². The van der Waals surface area contributed by atoms with Gasteiger partial charge in [0.15, 0.2) is 0 Å². The van der Waals surface area contributed by atoms with E-state index in [-0.39, 0.29) is 6.10 Å². The van der Waals surface area contributed by atoms with E-state index in [0.29, 0.717) is 0 Å². The molecule has 0 spiro atoms. The fourth-order valence-electron chi connectivity index (χ4n) is 1.67. The van der Waals surface area contributed by atoms with Crippen molar-refractivity contribution in [2.75, 3.05) is 23.7 Å². The lowest BCUT2D eigenvalue weighted by atomic mass is 10.1. The van der Waals surface area contributed by atoms with Gasteiger partial charge >= 0.3 is 0 Å². The van der Waals surface area contributed by atoms with Crippen molar-refractivity contribution in [3.8, 4) is 0 Å². The number of rotatable bonds is 5. The van der Waals surface area contributed by atoms with Crippen LogP contribution in [0.2, 0.25) is 0 Å². The van der Waals surface area contributed by atoms with E-state index in [1.165, 1.54) is 5.69 Å². The maximum absolute atomic E-state index is 9.30. The monoisotopic (exact) mass is 222 g/mol. The van der Waals surface area contributed by atoms with Crippen molar-refractivity contribution in [2.45, 2.75) is 33.3 Å². The van der Waals surface area contributed by atoms with Crippen molar-refractivity contribution < 1.29 is 5.11 Å². The molecule has 0 fully saturated rings. The van der Waals surface area contributed by atoms with Gasteiger partial charge in [0.05, 0.1) is 6.10 Å². The lowest BCUT2D eigenvalue weighted by Crippen LogP contribution is -2.26. The van der Waals surface area contributed by atoms with Gasteiger partial charge in [0, 0.05) is 24.5 Å². The van der Waals surface area contributed by atoms with Crippen molar-refractivity contribution in [3.63, 3.8) is 0 Å². The Kier molecular flexibility index (Phi) is 4.62. The Morgan fingerprint density at radius 1 is 1.44 bits per heavy atom. The first-order valence-corrected chi connectivity index (χ1v) is 5.83. The molecule has 0 saturated heterocycles. The molecule has 0 aromatic heterocycles. The molecule has 3 heteroatoms. The number of benzene rings is 1. The van der Waals surface area contributed by atoms with Gasteiger partial charge in [-0.3, -0.25) is 0 Å². The van der Waals surface area contributed by atoms with Crippen LogP contribution in [0.15, 0.2) is 18.2 Å². The molecule has 0 aliphatic rings. The number of nitrogen functional groups attached to an aromatic ring is 1. The highest BCUT2D eigenvalue weighted by Crippen LogP contribution is 2.20. The van der Waals surface area contributed by atoms with Gasteiger partial charge < -0.3 is 15.7 Å². The zero-order chi connectivity index (χ0) is 12.1. The molecular formula is C13H22N2O. The summed E-state index contributed by atoms with van der Waals surface area (Å²) in [7, 11) is 0. The predicted octanol–water partition coefficient (Wildman–Crippen LogP) is 2.17. The van der Waals surface area contributed by atoms with Crippen LogP contribution in [-0.4, -0.2) is 24.3 Å². The molecule has 1 aromatic rings. The van der Waals surface area contributed by atoms with Crippen LogP contribution in [0, 0.1) is 6.92 Å². The van der Waals surface area contributed by atoms with Crippen molar-refractivity contribution in [1.82, 2.24) is 0 Å². The summed E-state index contributed by atoms with van der Waals surface area (Å²) < 4.78 is 0. The summed E-state index contributed by atoms with van der Waals surface area (Å²) in [5, 5.41) is 9.30. The average molecular weight is 222 g/mol. The summed E-state index contributed by atoms with van der Waals surface area (Å²) in [5.74, 6) is 0. The number of anilines is 2. The molecule has 1 unspecified atom stereocenters. The number of nitrogens with zero attached hydrogens (tertiary/aromatic N) is 1. The normalized spacial score (nSPS) is 12.5. The topological polar surface area (TPSA) is 49.5 Å². The summed E-state index contributed by atoms with van der Waals surface area (Å²) in [6, 6.07) is 6.07. The van der Waals surface area contributed by atoms with Crippen molar-refractivity contribution in [1.29, 1.82) is 0 Å². The van der Waals surface area contributed by atoms with Crippen molar-refractivity contribution in [3.05, 3.63) is 23.8 Å². The lowest BCUT2D eigenvalue weighted by molar-refractivity contribution is 0.186. The second-order valence-electron chi connectivity index (χ2n) is 4.26. The Bertz CT molecular complexity index is 337. The highest BCUT2D eigenvalue weighted by Gasteiger charge is 2.06. The first-order chi connectivity index (χ1) is 7.54.